The molecule has 4 heteroatoms. The average Bonchev–Trinajstić information content (AvgIpc) is 2.90. The first-order valence-corrected chi connectivity index (χ1v) is 10.2. The average molecular weight is 381 g/mol. The van der Waals surface area contributed by atoms with Gasteiger partial charge in [-0.15, -0.1) is 0 Å². The topological polar surface area (TPSA) is 21.8 Å². The Morgan fingerprint density at radius 2 is 1.18 bits per heavy atom. The summed E-state index contributed by atoms with van der Waals surface area (Å²) in [7, 11) is 8.71. The van der Waals surface area contributed by atoms with Gasteiger partial charge in [0.15, 0.2) is 0 Å². The molecular weight excluding hydrogens is 344 g/mol. The van der Waals surface area contributed by atoms with Crippen LogP contribution in [0.2, 0.25) is 0 Å². The van der Waals surface area contributed by atoms with Crippen LogP contribution in [0.3, 0.4) is 0 Å². The van der Waals surface area contributed by atoms with E-state index in [4.69, 9.17) is 0 Å². The molecule has 1 aliphatic rings. The number of nitrogens with one attached hydrogen (secondary N) is 1. The Hall–Kier alpha value is -1.72. The van der Waals surface area contributed by atoms with Crippen molar-refractivity contribution in [3.63, 3.8) is 0 Å². The highest BCUT2D eigenvalue weighted by atomic mass is 15.5. The first-order chi connectivity index (χ1) is 13.2. The van der Waals surface area contributed by atoms with Crippen LogP contribution < -0.4 is 5.43 Å². The monoisotopic (exact) mass is 380 g/mol. The summed E-state index contributed by atoms with van der Waals surface area (Å²) in [6.07, 6.45) is 0.262. The summed E-state index contributed by atoms with van der Waals surface area (Å²) in [4.78, 5) is 5.11. The molecule has 0 bridgehead atoms. The van der Waals surface area contributed by atoms with Crippen molar-refractivity contribution in [2.24, 2.45) is 5.41 Å². The predicted octanol–water partition coefficient (Wildman–Crippen LogP) is 4.15. The molecule has 1 fully saturated rings. The summed E-state index contributed by atoms with van der Waals surface area (Å²) in [5, 5.41) is 2.09. The van der Waals surface area contributed by atoms with Crippen molar-refractivity contribution >= 4 is 0 Å². The molecule has 2 aromatic rings. The van der Waals surface area contributed by atoms with Crippen LogP contribution >= 0.6 is 0 Å². The van der Waals surface area contributed by atoms with Gasteiger partial charge in [-0.1, -0.05) is 81.4 Å². The van der Waals surface area contributed by atoms with Crippen molar-refractivity contribution in [1.82, 2.24) is 20.2 Å². The highest BCUT2D eigenvalue weighted by Crippen LogP contribution is 2.47. The number of hydrogen-bond donors (Lipinski definition) is 1. The minimum absolute atomic E-state index is 0.101. The highest BCUT2D eigenvalue weighted by Gasteiger charge is 2.50. The van der Waals surface area contributed by atoms with Gasteiger partial charge in [-0.05, 0) is 30.6 Å². The zero-order chi connectivity index (χ0) is 20.5. The van der Waals surface area contributed by atoms with Gasteiger partial charge in [-0.3, -0.25) is 14.8 Å². The van der Waals surface area contributed by atoms with E-state index >= 15 is 0 Å². The fourth-order valence-electron chi connectivity index (χ4n) is 4.65. The molecular formula is C24H36N4. The fourth-order valence-corrected chi connectivity index (χ4v) is 4.65. The number of rotatable bonds is 5. The van der Waals surface area contributed by atoms with Crippen molar-refractivity contribution in [2.75, 3.05) is 28.2 Å². The number of hydrogen-bond acceptors (Lipinski definition) is 4. The van der Waals surface area contributed by atoms with E-state index < -0.39 is 0 Å². The second-order valence-electron chi connectivity index (χ2n) is 9.32. The summed E-state index contributed by atoms with van der Waals surface area (Å²) in [5.74, 6) is 0. The van der Waals surface area contributed by atoms with Crippen molar-refractivity contribution in [3.05, 3.63) is 71.8 Å². The van der Waals surface area contributed by atoms with E-state index in [0.717, 1.165) is 0 Å². The molecule has 1 heterocycles. The normalized spacial score (nSPS) is 23.4. The molecule has 0 amide bonds. The maximum absolute atomic E-state index is 3.72. The van der Waals surface area contributed by atoms with E-state index in [-0.39, 0.29) is 17.6 Å². The second-order valence-corrected chi connectivity index (χ2v) is 9.32. The van der Waals surface area contributed by atoms with Crippen LogP contribution in [0.5, 0.6) is 0 Å². The van der Waals surface area contributed by atoms with Gasteiger partial charge in [-0.25, -0.2) is 5.43 Å². The Morgan fingerprint density at radius 1 is 0.786 bits per heavy atom. The summed E-state index contributed by atoms with van der Waals surface area (Å²) in [5.41, 5.74) is 6.55. The Kier molecular flexibility index (Phi) is 6.25. The maximum Gasteiger partial charge on any atom is 0.0806 e. The molecule has 0 radical (unpaired) electrons. The summed E-state index contributed by atoms with van der Waals surface area (Å²) in [6, 6.07) is 22.7. The standard InChI is InChI=1S/C24H36N4/c1-24(2,3)22(25-26(4)5)23-27(6)20(18-14-10-8-11-15-18)21(28(23)7)19-16-12-9-13-17-19/h8-17,20-23,25H,1-7H3/t20-,21-,22-/m0/s1. The Morgan fingerprint density at radius 3 is 1.50 bits per heavy atom. The van der Waals surface area contributed by atoms with Crippen LogP contribution in [0.1, 0.15) is 44.0 Å². The van der Waals surface area contributed by atoms with Gasteiger partial charge in [0.05, 0.1) is 24.3 Å². The number of likely N-dealkylation sites (N-methyl/N-ethyl adjacent to an activating group) is 2. The van der Waals surface area contributed by atoms with Gasteiger partial charge < -0.3 is 0 Å². The number of hydrazine groups is 1. The summed E-state index contributed by atoms with van der Waals surface area (Å²) >= 11 is 0. The van der Waals surface area contributed by atoms with E-state index in [1.54, 1.807) is 0 Å². The predicted molar refractivity (Wildman–Crippen MR) is 118 cm³/mol. The van der Waals surface area contributed by atoms with E-state index in [1.807, 2.05) is 0 Å². The van der Waals surface area contributed by atoms with Gasteiger partial charge in [0, 0.05) is 14.1 Å². The third-order valence-electron chi connectivity index (χ3n) is 5.92. The van der Waals surface area contributed by atoms with Crippen LogP contribution in [0.25, 0.3) is 0 Å². The molecule has 1 saturated heterocycles. The smallest absolute Gasteiger partial charge is 0.0806 e. The second kappa shape index (κ2) is 8.34. The molecule has 152 valence electrons. The summed E-state index contributed by atoms with van der Waals surface area (Å²) in [6.45, 7) is 6.97. The lowest BCUT2D eigenvalue weighted by atomic mass is 9.84. The molecule has 3 rings (SSSR count). The molecule has 1 aliphatic heterocycles. The van der Waals surface area contributed by atoms with Crippen molar-refractivity contribution in [3.8, 4) is 0 Å². The lowest BCUT2D eigenvalue weighted by molar-refractivity contribution is 0.0261. The Labute approximate surface area is 171 Å². The van der Waals surface area contributed by atoms with Crippen LogP contribution in [-0.4, -0.2) is 55.2 Å². The highest BCUT2D eigenvalue weighted by molar-refractivity contribution is 5.30. The first kappa shape index (κ1) is 21.0. The zero-order valence-electron chi connectivity index (χ0n) is 18.4. The van der Waals surface area contributed by atoms with Gasteiger partial charge >= 0.3 is 0 Å². The van der Waals surface area contributed by atoms with Gasteiger partial charge in [0.1, 0.15) is 0 Å². The van der Waals surface area contributed by atoms with E-state index in [0.29, 0.717) is 12.1 Å². The van der Waals surface area contributed by atoms with Crippen molar-refractivity contribution in [2.45, 2.75) is 45.1 Å². The van der Waals surface area contributed by atoms with Gasteiger partial charge in [-0.2, -0.15) is 0 Å². The Bertz CT molecular complexity index is 687. The molecule has 0 spiro atoms. The summed E-state index contributed by atoms with van der Waals surface area (Å²) < 4.78 is 0. The number of nitrogens with zero attached hydrogens (tertiary/aromatic N) is 3. The molecule has 2 aromatic carbocycles. The van der Waals surface area contributed by atoms with E-state index in [1.165, 1.54) is 11.1 Å². The third-order valence-corrected chi connectivity index (χ3v) is 5.92. The first-order valence-electron chi connectivity index (χ1n) is 10.2. The molecule has 0 unspecified atom stereocenters. The van der Waals surface area contributed by atoms with Crippen molar-refractivity contribution < 1.29 is 0 Å². The largest absolute Gasteiger partial charge is 0.281 e. The molecule has 1 N–H and O–H groups in total. The minimum Gasteiger partial charge on any atom is -0.281 e. The van der Waals surface area contributed by atoms with Gasteiger partial charge in [0.25, 0.3) is 0 Å². The van der Waals surface area contributed by atoms with Crippen LogP contribution in [0.15, 0.2) is 60.7 Å². The number of benzene rings is 2. The van der Waals surface area contributed by atoms with Crippen LogP contribution in [0, 0.1) is 5.41 Å². The molecule has 4 nitrogen and oxygen atoms in total. The van der Waals surface area contributed by atoms with E-state index in [2.05, 4.69) is 130 Å². The molecule has 3 atom stereocenters. The fraction of sp³-hybridized carbons (Fsp3) is 0.500. The SMILES string of the molecule is CN(C)N[C@@H](C1N(C)[C@@H](c2ccccc2)[C@H](c2ccccc2)N1C)C(C)(C)C. The van der Waals surface area contributed by atoms with E-state index in [9.17, 15) is 0 Å². The third kappa shape index (κ3) is 4.15. The molecule has 28 heavy (non-hydrogen) atoms. The lowest BCUT2D eigenvalue weighted by Gasteiger charge is -2.43. The lowest BCUT2D eigenvalue weighted by Crippen LogP contribution is -2.60. The van der Waals surface area contributed by atoms with Crippen LogP contribution in [0.4, 0.5) is 0 Å². The minimum atomic E-state index is 0.101. The quantitative estimate of drug-likeness (QED) is 0.787. The van der Waals surface area contributed by atoms with Crippen LogP contribution in [-0.2, 0) is 0 Å². The van der Waals surface area contributed by atoms with Gasteiger partial charge in [0.2, 0.25) is 0 Å². The Balaban J connectivity index is 2.08. The molecule has 0 saturated carbocycles. The van der Waals surface area contributed by atoms with Crippen molar-refractivity contribution in [1.29, 1.82) is 0 Å². The molecule has 0 aliphatic carbocycles. The zero-order valence-corrected chi connectivity index (χ0v) is 18.4. The molecule has 0 aromatic heterocycles. The maximum atomic E-state index is 3.72.